The standard InChI is InChI=1S/C21H25N3O4S/c1-5-8-29-21-23-19-18(20(26)24-21)14(10-17(25)22-19)13-6-7-15(16(9-13)27-4)28-11-12(2)3/h5-7,9,12,14H,1,8,10-11H2,2-4H3,(H2,22,23,24,25,26). The Morgan fingerprint density at radius 1 is 1.34 bits per heavy atom. The Balaban J connectivity index is 1.99. The van der Waals surface area contributed by atoms with Gasteiger partial charge in [0, 0.05) is 18.1 Å². The van der Waals surface area contributed by atoms with Gasteiger partial charge in [0.15, 0.2) is 16.7 Å². The number of nitrogens with one attached hydrogen (secondary N) is 2. The Morgan fingerprint density at radius 3 is 2.83 bits per heavy atom. The fourth-order valence-corrected chi connectivity index (χ4v) is 3.71. The normalized spacial score (nSPS) is 15.6. The highest BCUT2D eigenvalue weighted by atomic mass is 32.2. The van der Waals surface area contributed by atoms with E-state index in [1.165, 1.54) is 11.8 Å². The van der Waals surface area contributed by atoms with Crippen LogP contribution in [-0.2, 0) is 4.79 Å². The summed E-state index contributed by atoms with van der Waals surface area (Å²) >= 11 is 1.35. The molecule has 2 heterocycles. The smallest absolute Gasteiger partial charge is 0.257 e. The van der Waals surface area contributed by atoms with E-state index in [2.05, 4.69) is 35.7 Å². The molecule has 7 nitrogen and oxygen atoms in total. The molecular weight excluding hydrogens is 390 g/mol. The zero-order valence-electron chi connectivity index (χ0n) is 16.8. The lowest BCUT2D eigenvalue weighted by Crippen LogP contribution is -2.31. The Kier molecular flexibility index (Phi) is 6.64. The maximum Gasteiger partial charge on any atom is 0.257 e. The van der Waals surface area contributed by atoms with Crippen molar-refractivity contribution in [2.45, 2.75) is 31.3 Å². The highest BCUT2D eigenvalue weighted by Gasteiger charge is 2.31. The van der Waals surface area contributed by atoms with E-state index in [1.807, 2.05) is 18.2 Å². The molecule has 1 aliphatic heterocycles. The first kappa shape index (κ1) is 21.0. The van der Waals surface area contributed by atoms with Gasteiger partial charge in [-0.3, -0.25) is 9.59 Å². The number of methoxy groups -OCH3 is 1. The molecule has 29 heavy (non-hydrogen) atoms. The average molecular weight is 416 g/mol. The van der Waals surface area contributed by atoms with E-state index < -0.39 is 5.92 Å². The Labute approximate surface area is 173 Å². The zero-order valence-corrected chi connectivity index (χ0v) is 17.6. The quantitative estimate of drug-likeness (QED) is 0.389. The molecule has 0 radical (unpaired) electrons. The van der Waals surface area contributed by atoms with Gasteiger partial charge in [-0.1, -0.05) is 37.8 Å². The van der Waals surface area contributed by atoms with E-state index >= 15 is 0 Å². The highest BCUT2D eigenvalue weighted by Crippen LogP contribution is 2.38. The third-order valence-corrected chi connectivity index (χ3v) is 5.30. The summed E-state index contributed by atoms with van der Waals surface area (Å²) in [6, 6.07) is 5.51. The number of nitrogens with zero attached hydrogens (tertiary/aromatic N) is 1. The number of benzene rings is 1. The SMILES string of the molecule is C=CCSc1nc2c(c(=O)[nH]1)C(c1ccc(OCC(C)C)c(OC)c1)CC(=O)N2. The van der Waals surface area contributed by atoms with Gasteiger partial charge in [0.1, 0.15) is 5.82 Å². The van der Waals surface area contributed by atoms with Crippen LogP contribution in [0.15, 0.2) is 40.8 Å². The maximum atomic E-state index is 12.8. The lowest BCUT2D eigenvalue weighted by atomic mass is 9.86. The predicted octanol–water partition coefficient (Wildman–Crippen LogP) is 3.57. The van der Waals surface area contributed by atoms with Crippen LogP contribution in [0.3, 0.4) is 0 Å². The fraction of sp³-hybridized carbons (Fsp3) is 0.381. The summed E-state index contributed by atoms with van der Waals surface area (Å²) in [5.74, 6) is 1.90. The molecule has 1 aromatic heterocycles. The van der Waals surface area contributed by atoms with Crippen molar-refractivity contribution in [1.82, 2.24) is 9.97 Å². The molecule has 0 spiro atoms. The van der Waals surface area contributed by atoms with Crippen LogP contribution in [0.25, 0.3) is 0 Å². The minimum atomic E-state index is -0.415. The topological polar surface area (TPSA) is 93.3 Å². The molecule has 1 unspecified atom stereocenters. The number of carbonyl (C=O) groups excluding carboxylic acids is 1. The van der Waals surface area contributed by atoms with Gasteiger partial charge < -0.3 is 19.8 Å². The summed E-state index contributed by atoms with van der Waals surface area (Å²) in [6.07, 6.45) is 1.88. The largest absolute Gasteiger partial charge is 0.493 e. The van der Waals surface area contributed by atoms with Crippen molar-refractivity contribution in [3.05, 3.63) is 52.3 Å². The van der Waals surface area contributed by atoms with Crippen molar-refractivity contribution in [3.63, 3.8) is 0 Å². The molecule has 3 rings (SSSR count). The lowest BCUT2D eigenvalue weighted by molar-refractivity contribution is -0.116. The summed E-state index contributed by atoms with van der Waals surface area (Å²) < 4.78 is 11.3. The summed E-state index contributed by atoms with van der Waals surface area (Å²) in [5.41, 5.74) is 0.991. The number of fused-ring (bicyclic) bond motifs is 1. The number of hydrogen-bond donors (Lipinski definition) is 2. The molecule has 1 aromatic carbocycles. The van der Waals surface area contributed by atoms with Crippen LogP contribution in [0.1, 0.15) is 37.3 Å². The van der Waals surface area contributed by atoms with E-state index in [4.69, 9.17) is 9.47 Å². The van der Waals surface area contributed by atoms with Crippen LogP contribution >= 0.6 is 11.8 Å². The third kappa shape index (κ3) is 4.82. The van der Waals surface area contributed by atoms with Gasteiger partial charge in [0.05, 0.1) is 19.3 Å². The Morgan fingerprint density at radius 2 is 2.14 bits per heavy atom. The second-order valence-corrected chi connectivity index (χ2v) is 8.16. The molecule has 0 aliphatic carbocycles. The average Bonchev–Trinajstić information content (AvgIpc) is 2.69. The number of aromatic nitrogens is 2. The fourth-order valence-electron chi connectivity index (χ4n) is 3.12. The van der Waals surface area contributed by atoms with Crippen LogP contribution in [0, 0.1) is 5.92 Å². The number of H-pyrrole nitrogens is 1. The number of ether oxygens (including phenoxy) is 2. The Hall–Kier alpha value is -2.74. The van der Waals surface area contributed by atoms with Gasteiger partial charge in [-0.25, -0.2) is 4.98 Å². The first-order valence-corrected chi connectivity index (χ1v) is 10.4. The first-order valence-electron chi connectivity index (χ1n) is 9.41. The van der Waals surface area contributed by atoms with Crippen LogP contribution in [0.4, 0.5) is 5.82 Å². The van der Waals surface area contributed by atoms with Gasteiger partial charge in [-0.2, -0.15) is 0 Å². The van der Waals surface area contributed by atoms with E-state index in [0.29, 0.717) is 46.3 Å². The van der Waals surface area contributed by atoms with Crippen molar-refractivity contribution in [2.24, 2.45) is 5.92 Å². The number of hydrogen-bond acceptors (Lipinski definition) is 6. The lowest BCUT2D eigenvalue weighted by Gasteiger charge is -2.25. The second kappa shape index (κ2) is 9.17. The highest BCUT2D eigenvalue weighted by molar-refractivity contribution is 7.99. The first-order chi connectivity index (χ1) is 13.9. The molecule has 1 amide bonds. The number of anilines is 1. The zero-order chi connectivity index (χ0) is 21.0. The third-order valence-electron chi connectivity index (χ3n) is 4.43. The molecule has 0 saturated heterocycles. The molecule has 1 atom stereocenters. The van der Waals surface area contributed by atoms with Crippen LogP contribution in [0.2, 0.25) is 0 Å². The van der Waals surface area contributed by atoms with Gasteiger partial charge in [-0.15, -0.1) is 6.58 Å². The maximum absolute atomic E-state index is 12.8. The summed E-state index contributed by atoms with van der Waals surface area (Å²) in [7, 11) is 1.57. The molecule has 154 valence electrons. The summed E-state index contributed by atoms with van der Waals surface area (Å²) in [4.78, 5) is 32.3. The molecule has 0 fully saturated rings. The van der Waals surface area contributed by atoms with E-state index in [0.717, 1.165) is 5.56 Å². The molecular formula is C21H25N3O4S. The number of carbonyl (C=O) groups is 1. The number of aromatic amines is 1. The van der Waals surface area contributed by atoms with Gasteiger partial charge in [0.25, 0.3) is 5.56 Å². The molecule has 2 aromatic rings. The molecule has 8 heteroatoms. The summed E-state index contributed by atoms with van der Waals surface area (Å²) in [5, 5.41) is 3.17. The van der Waals surface area contributed by atoms with Crippen molar-refractivity contribution >= 4 is 23.5 Å². The van der Waals surface area contributed by atoms with Crippen LogP contribution in [-0.4, -0.2) is 35.3 Å². The molecule has 0 saturated carbocycles. The molecule has 1 aliphatic rings. The van der Waals surface area contributed by atoms with Gasteiger partial charge >= 0.3 is 0 Å². The minimum Gasteiger partial charge on any atom is -0.493 e. The van der Waals surface area contributed by atoms with E-state index in [-0.39, 0.29) is 17.9 Å². The Bertz CT molecular complexity index is 971. The number of rotatable bonds is 8. The predicted molar refractivity (Wildman–Crippen MR) is 114 cm³/mol. The second-order valence-electron chi connectivity index (χ2n) is 7.15. The van der Waals surface area contributed by atoms with Crippen molar-refractivity contribution in [2.75, 3.05) is 24.8 Å². The molecule has 2 N–H and O–H groups in total. The summed E-state index contributed by atoms with van der Waals surface area (Å²) in [6.45, 7) is 8.37. The molecule has 0 bridgehead atoms. The van der Waals surface area contributed by atoms with Crippen LogP contribution in [0.5, 0.6) is 11.5 Å². The van der Waals surface area contributed by atoms with Crippen molar-refractivity contribution < 1.29 is 14.3 Å². The van der Waals surface area contributed by atoms with Crippen molar-refractivity contribution in [3.8, 4) is 11.5 Å². The van der Waals surface area contributed by atoms with E-state index in [9.17, 15) is 9.59 Å². The monoisotopic (exact) mass is 415 g/mol. The van der Waals surface area contributed by atoms with Gasteiger partial charge in [0.2, 0.25) is 5.91 Å². The van der Waals surface area contributed by atoms with Crippen molar-refractivity contribution in [1.29, 1.82) is 0 Å². The number of thioether (sulfide) groups is 1. The van der Waals surface area contributed by atoms with E-state index in [1.54, 1.807) is 13.2 Å². The van der Waals surface area contributed by atoms with Gasteiger partial charge in [-0.05, 0) is 23.6 Å². The number of amides is 1. The minimum absolute atomic E-state index is 0.159. The van der Waals surface area contributed by atoms with Crippen LogP contribution < -0.4 is 20.3 Å².